The Morgan fingerprint density at radius 2 is 1.91 bits per heavy atom. The van der Waals surface area contributed by atoms with Crippen molar-refractivity contribution in [3.05, 3.63) is 75.1 Å². The van der Waals surface area contributed by atoms with Crippen LogP contribution in [0.25, 0.3) is 16.9 Å². The number of fused-ring (bicyclic) bond motifs is 2. The van der Waals surface area contributed by atoms with E-state index in [1.807, 2.05) is 6.92 Å². The summed E-state index contributed by atoms with van der Waals surface area (Å²) in [7, 11) is 0. The van der Waals surface area contributed by atoms with E-state index in [0.717, 1.165) is 12.3 Å². The summed E-state index contributed by atoms with van der Waals surface area (Å²) in [5.41, 5.74) is 1.08. The van der Waals surface area contributed by atoms with Crippen molar-refractivity contribution in [1.82, 2.24) is 24.1 Å². The Morgan fingerprint density at radius 1 is 1.15 bits per heavy atom. The van der Waals surface area contributed by atoms with Crippen molar-refractivity contribution in [3.63, 3.8) is 0 Å². The lowest BCUT2D eigenvalue weighted by Crippen LogP contribution is -2.37. The predicted octanol–water partition coefficient (Wildman–Crippen LogP) is 4.23. The molecule has 1 aliphatic heterocycles. The highest BCUT2D eigenvalue weighted by Gasteiger charge is 2.33. The summed E-state index contributed by atoms with van der Waals surface area (Å²) in [6, 6.07) is 7.82. The largest absolute Gasteiger partial charge is 0.417 e. The Kier molecular flexibility index (Phi) is 5.12. The maximum absolute atomic E-state index is 13.5. The summed E-state index contributed by atoms with van der Waals surface area (Å²) in [5.74, 6) is 0.327. The number of aromatic nitrogens is 5. The van der Waals surface area contributed by atoms with Crippen LogP contribution in [-0.4, -0.2) is 30.6 Å². The van der Waals surface area contributed by atoms with Gasteiger partial charge in [0.2, 0.25) is 5.95 Å². The third kappa shape index (κ3) is 3.74. The van der Waals surface area contributed by atoms with E-state index in [2.05, 4.69) is 9.97 Å². The first-order chi connectivity index (χ1) is 15.8. The fraction of sp³-hybridized carbons (Fsp3) is 0.273. The second kappa shape index (κ2) is 7.87. The standard InChI is InChI=1S/C22H18ClF3N6O/c1-2-30-12-28-18-19(30)29-21(32(20(18)33)16-5-3-15(23)4-6-16)31-8-7-17-13(11-31)9-14(10-27-17)22(24,25)26/h3-6,9-10,12H,2,7-8,11H2,1H3. The molecule has 1 aromatic carbocycles. The van der Waals surface area contributed by atoms with Gasteiger partial charge in [-0.25, -0.2) is 9.55 Å². The third-order valence-corrected chi connectivity index (χ3v) is 5.95. The highest BCUT2D eigenvalue weighted by molar-refractivity contribution is 6.30. The fourth-order valence-corrected chi connectivity index (χ4v) is 4.13. The molecule has 0 unspecified atom stereocenters. The molecule has 0 amide bonds. The minimum absolute atomic E-state index is 0.137. The molecule has 3 aromatic heterocycles. The second-order valence-electron chi connectivity index (χ2n) is 7.73. The summed E-state index contributed by atoms with van der Waals surface area (Å²) in [6.07, 6.45) is -1.64. The molecule has 4 aromatic rings. The Balaban J connectivity index is 1.68. The number of benzene rings is 1. The van der Waals surface area contributed by atoms with Crippen molar-refractivity contribution in [3.8, 4) is 5.69 Å². The molecule has 0 fully saturated rings. The van der Waals surface area contributed by atoms with Gasteiger partial charge in [-0.15, -0.1) is 0 Å². The summed E-state index contributed by atoms with van der Waals surface area (Å²) < 4.78 is 42.9. The van der Waals surface area contributed by atoms with Crippen molar-refractivity contribution < 1.29 is 13.2 Å². The van der Waals surface area contributed by atoms with Crippen LogP contribution < -0.4 is 10.5 Å². The quantitative estimate of drug-likeness (QED) is 0.444. The van der Waals surface area contributed by atoms with Crippen LogP contribution in [0.15, 0.2) is 47.7 Å². The van der Waals surface area contributed by atoms with E-state index in [0.29, 0.717) is 53.1 Å². The summed E-state index contributed by atoms with van der Waals surface area (Å²) in [5, 5.41) is 0.510. The van der Waals surface area contributed by atoms with Crippen LogP contribution in [0.5, 0.6) is 0 Å². The van der Waals surface area contributed by atoms with Gasteiger partial charge in [0.1, 0.15) is 0 Å². The zero-order chi connectivity index (χ0) is 23.3. The number of halogens is 4. The summed E-state index contributed by atoms with van der Waals surface area (Å²) in [6.45, 7) is 3.05. The number of anilines is 1. The fourth-order valence-electron chi connectivity index (χ4n) is 4.00. The minimum atomic E-state index is -4.49. The zero-order valence-electron chi connectivity index (χ0n) is 17.5. The highest BCUT2D eigenvalue weighted by Crippen LogP contribution is 2.32. The van der Waals surface area contributed by atoms with Gasteiger partial charge in [-0.3, -0.25) is 9.78 Å². The molecule has 0 radical (unpaired) electrons. The van der Waals surface area contributed by atoms with Crippen molar-refractivity contribution in [2.24, 2.45) is 0 Å². The molecule has 7 nitrogen and oxygen atoms in total. The van der Waals surface area contributed by atoms with Crippen molar-refractivity contribution in [2.45, 2.75) is 32.6 Å². The Hall–Kier alpha value is -3.40. The number of hydrogen-bond acceptors (Lipinski definition) is 5. The molecule has 1 aliphatic rings. The molecule has 0 atom stereocenters. The lowest BCUT2D eigenvalue weighted by atomic mass is 10.0. The first kappa shape index (κ1) is 21.4. The molecule has 0 saturated carbocycles. The molecule has 0 spiro atoms. The highest BCUT2D eigenvalue weighted by atomic mass is 35.5. The number of pyridine rings is 1. The van der Waals surface area contributed by atoms with E-state index in [4.69, 9.17) is 16.6 Å². The number of rotatable bonds is 3. The van der Waals surface area contributed by atoms with E-state index in [1.54, 1.807) is 40.1 Å². The average Bonchev–Trinajstić information content (AvgIpc) is 3.22. The number of aryl methyl sites for hydroxylation is 1. The molecule has 170 valence electrons. The van der Waals surface area contributed by atoms with Gasteiger partial charge in [-0.2, -0.15) is 18.2 Å². The molecule has 0 bridgehead atoms. The maximum Gasteiger partial charge on any atom is 0.417 e. The van der Waals surface area contributed by atoms with Crippen LogP contribution in [0.2, 0.25) is 5.02 Å². The minimum Gasteiger partial charge on any atom is -0.337 e. The van der Waals surface area contributed by atoms with Gasteiger partial charge in [0.15, 0.2) is 11.2 Å². The van der Waals surface area contributed by atoms with Crippen molar-refractivity contribution >= 4 is 28.7 Å². The Morgan fingerprint density at radius 3 is 2.61 bits per heavy atom. The molecule has 0 saturated heterocycles. The molecule has 11 heteroatoms. The number of alkyl halides is 3. The monoisotopic (exact) mass is 474 g/mol. The SMILES string of the molecule is CCn1cnc2c(=O)n(-c3ccc(Cl)cc3)c(N3CCc4ncc(C(F)(F)F)cc4C3)nc21. The van der Waals surface area contributed by atoms with Crippen molar-refractivity contribution in [1.29, 1.82) is 0 Å². The second-order valence-corrected chi connectivity index (χ2v) is 8.17. The summed E-state index contributed by atoms with van der Waals surface area (Å²) >= 11 is 6.02. The van der Waals surface area contributed by atoms with Gasteiger partial charge >= 0.3 is 6.18 Å². The third-order valence-electron chi connectivity index (χ3n) is 5.70. The molecule has 0 N–H and O–H groups in total. The van der Waals surface area contributed by atoms with Crippen LogP contribution in [-0.2, 0) is 25.7 Å². The van der Waals surface area contributed by atoms with E-state index < -0.39 is 11.7 Å². The molecule has 5 rings (SSSR count). The van der Waals surface area contributed by atoms with Gasteiger partial charge in [-0.05, 0) is 42.8 Å². The van der Waals surface area contributed by atoms with Gasteiger partial charge in [0.05, 0.1) is 17.6 Å². The predicted molar refractivity (Wildman–Crippen MR) is 118 cm³/mol. The van der Waals surface area contributed by atoms with Crippen LogP contribution >= 0.6 is 11.6 Å². The van der Waals surface area contributed by atoms with Crippen LogP contribution in [0.3, 0.4) is 0 Å². The molecule has 0 aliphatic carbocycles. The van der Waals surface area contributed by atoms with E-state index in [9.17, 15) is 18.0 Å². The topological polar surface area (TPSA) is 68.8 Å². The Bertz CT molecular complexity index is 1410. The molecular weight excluding hydrogens is 457 g/mol. The number of hydrogen-bond donors (Lipinski definition) is 0. The first-order valence-electron chi connectivity index (χ1n) is 10.3. The lowest BCUT2D eigenvalue weighted by Gasteiger charge is -2.31. The normalized spacial score (nSPS) is 14.0. The molecule has 4 heterocycles. The van der Waals surface area contributed by atoms with Crippen LogP contribution in [0.1, 0.15) is 23.7 Å². The average molecular weight is 475 g/mol. The summed E-state index contributed by atoms with van der Waals surface area (Å²) in [4.78, 5) is 28.3. The smallest absolute Gasteiger partial charge is 0.337 e. The maximum atomic E-state index is 13.5. The lowest BCUT2D eigenvalue weighted by molar-refractivity contribution is -0.137. The molecular formula is C22H18ClF3N6O. The van der Waals surface area contributed by atoms with Gasteiger partial charge in [-0.1, -0.05) is 11.6 Å². The van der Waals surface area contributed by atoms with Crippen molar-refractivity contribution in [2.75, 3.05) is 11.4 Å². The number of imidazole rings is 1. The molecule has 33 heavy (non-hydrogen) atoms. The Labute approximate surface area is 191 Å². The van der Waals surface area contributed by atoms with E-state index in [1.165, 1.54) is 4.57 Å². The van der Waals surface area contributed by atoms with Crippen LogP contribution in [0.4, 0.5) is 19.1 Å². The van der Waals surface area contributed by atoms with Gasteiger partial charge in [0, 0.05) is 43.0 Å². The number of nitrogens with zero attached hydrogens (tertiary/aromatic N) is 6. The van der Waals surface area contributed by atoms with Gasteiger partial charge in [0.25, 0.3) is 5.56 Å². The van der Waals surface area contributed by atoms with Gasteiger partial charge < -0.3 is 9.47 Å². The van der Waals surface area contributed by atoms with E-state index >= 15 is 0 Å². The zero-order valence-corrected chi connectivity index (χ0v) is 18.2. The van der Waals surface area contributed by atoms with E-state index in [-0.39, 0.29) is 17.6 Å². The van der Waals surface area contributed by atoms with Crippen LogP contribution in [0, 0.1) is 0 Å². The first-order valence-corrected chi connectivity index (χ1v) is 10.7.